The first-order valence-corrected chi connectivity index (χ1v) is 11.7. The van der Waals surface area contributed by atoms with Crippen LogP contribution in [-0.4, -0.2) is 51.4 Å². The number of nitrogens with one attached hydrogen (secondary N) is 1. The van der Waals surface area contributed by atoms with E-state index in [2.05, 4.69) is 5.32 Å². The summed E-state index contributed by atoms with van der Waals surface area (Å²) < 4.78 is 51.6. The summed E-state index contributed by atoms with van der Waals surface area (Å²) in [5.41, 5.74) is -0.0817. The lowest BCUT2D eigenvalue weighted by molar-refractivity contribution is -0.119. The Morgan fingerprint density at radius 2 is 1.75 bits per heavy atom. The van der Waals surface area contributed by atoms with Gasteiger partial charge >= 0.3 is 5.97 Å². The molecule has 1 amide bonds. The molecular weight excluding hydrogens is 439 g/mol. The molecule has 172 valence electrons. The Balaban J connectivity index is 1.73. The smallest absolute Gasteiger partial charge is 0.338 e. The fourth-order valence-corrected chi connectivity index (χ4v) is 5.09. The fraction of sp³-hybridized carbons (Fsp3) is 0.364. The molecule has 8 nitrogen and oxygen atoms in total. The normalized spacial score (nSPS) is 14.9. The molecule has 10 heteroatoms. The maximum absolute atomic E-state index is 13.6. The molecule has 1 fully saturated rings. The molecule has 2 aromatic carbocycles. The molecule has 2 aromatic rings. The van der Waals surface area contributed by atoms with Crippen molar-refractivity contribution in [1.82, 2.24) is 4.31 Å². The van der Waals surface area contributed by atoms with Crippen LogP contribution in [0.5, 0.6) is 5.75 Å². The van der Waals surface area contributed by atoms with Gasteiger partial charge in [0.25, 0.3) is 5.91 Å². The second-order valence-electron chi connectivity index (χ2n) is 7.29. The molecule has 0 radical (unpaired) electrons. The lowest BCUT2D eigenvalue weighted by atomic mass is 10.2. The minimum Gasteiger partial charge on any atom is -0.495 e. The van der Waals surface area contributed by atoms with Gasteiger partial charge in [-0.1, -0.05) is 25.0 Å². The molecule has 1 aliphatic rings. The fourth-order valence-electron chi connectivity index (χ4n) is 3.39. The van der Waals surface area contributed by atoms with E-state index >= 15 is 0 Å². The second-order valence-corrected chi connectivity index (χ2v) is 9.19. The van der Waals surface area contributed by atoms with E-state index in [1.165, 1.54) is 47.8 Å². The topological polar surface area (TPSA) is 102 Å². The van der Waals surface area contributed by atoms with Crippen LogP contribution in [0, 0.1) is 5.82 Å². The third-order valence-corrected chi connectivity index (χ3v) is 6.98. The molecule has 0 unspecified atom stereocenters. The molecule has 3 rings (SSSR count). The van der Waals surface area contributed by atoms with E-state index < -0.39 is 34.3 Å². The van der Waals surface area contributed by atoms with E-state index in [1.54, 1.807) is 6.07 Å². The Labute approximate surface area is 186 Å². The first-order chi connectivity index (χ1) is 15.3. The Kier molecular flexibility index (Phi) is 7.81. The number of carbonyl (C=O) groups is 2. The van der Waals surface area contributed by atoms with Crippen molar-refractivity contribution in [2.24, 2.45) is 0 Å². The van der Waals surface area contributed by atoms with Crippen LogP contribution >= 0.6 is 0 Å². The van der Waals surface area contributed by atoms with Crippen molar-refractivity contribution in [1.29, 1.82) is 0 Å². The van der Waals surface area contributed by atoms with Crippen molar-refractivity contribution in [3.8, 4) is 5.75 Å². The van der Waals surface area contributed by atoms with Crippen LogP contribution in [0.4, 0.5) is 10.1 Å². The molecule has 1 aliphatic heterocycles. The van der Waals surface area contributed by atoms with Crippen LogP contribution in [0.25, 0.3) is 0 Å². The van der Waals surface area contributed by atoms with E-state index in [0.717, 1.165) is 25.7 Å². The zero-order chi connectivity index (χ0) is 23.1. The molecule has 0 atom stereocenters. The molecular formula is C22H25FN2O6S. The number of esters is 1. The van der Waals surface area contributed by atoms with Gasteiger partial charge in [0.05, 0.1) is 18.4 Å². The molecule has 1 saturated heterocycles. The van der Waals surface area contributed by atoms with Crippen molar-refractivity contribution in [2.75, 3.05) is 32.1 Å². The number of hydrogen-bond acceptors (Lipinski definition) is 6. The quantitative estimate of drug-likeness (QED) is 0.632. The molecule has 0 bridgehead atoms. The number of hydrogen-bond donors (Lipinski definition) is 1. The monoisotopic (exact) mass is 464 g/mol. The highest BCUT2D eigenvalue weighted by molar-refractivity contribution is 7.89. The summed E-state index contributed by atoms with van der Waals surface area (Å²) in [7, 11) is -2.53. The maximum atomic E-state index is 13.6. The van der Waals surface area contributed by atoms with Crippen LogP contribution in [0.1, 0.15) is 36.0 Å². The Morgan fingerprint density at radius 3 is 2.41 bits per heavy atom. The van der Waals surface area contributed by atoms with Crippen molar-refractivity contribution in [3.63, 3.8) is 0 Å². The number of ether oxygens (including phenoxy) is 2. The summed E-state index contributed by atoms with van der Waals surface area (Å²) in [4.78, 5) is 24.3. The van der Waals surface area contributed by atoms with Gasteiger partial charge in [0.1, 0.15) is 16.5 Å². The molecule has 1 N–H and O–H groups in total. The number of anilines is 1. The molecule has 32 heavy (non-hydrogen) atoms. The van der Waals surface area contributed by atoms with Gasteiger partial charge in [0.2, 0.25) is 10.0 Å². The van der Waals surface area contributed by atoms with Gasteiger partial charge in [-0.15, -0.1) is 0 Å². The molecule has 0 spiro atoms. The largest absolute Gasteiger partial charge is 0.495 e. The van der Waals surface area contributed by atoms with Crippen LogP contribution in [-0.2, 0) is 19.6 Å². The summed E-state index contributed by atoms with van der Waals surface area (Å²) in [6, 6.07) is 9.51. The molecule has 0 saturated carbocycles. The minimum absolute atomic E-state index is 0.0381. The third-order valence-electron chi connectivity index (χ3n) is 5.06. The number of nitrogens with zero attached hydrogens (tertiary/aromatic N) is 1. The van der Waals surface area contributed by atoms with Gasteiger partial charge in [-0.2, -0.15) is 4.31 Å². The zero-order valence-corrected chi connectivity index (χ0v) is 18.5. The van der Waals surface area contributed by atoms with Gasteiger partial charge in [-0.25, -0.2) is 17.6 Å². The zero-order valence-electron chi connectivity index (χ0n) is 17.7. The third kappa shape index (κ3) is 5.63. The summed E-state index contributed by atoms with van der Waals surface area (Å²) in [6.07, 6.45) is 3.45. The Morgan fingerprint density at radius 1 is 1.06 bits per heavy atom. The highest BCUT2D eigenvalue weighted by Gasteiger charge is 2.29. The van der Waals surface area contributed by atoms with Gasteiger partial charge in [0.15, 0.2) is 6.61 Å². The maximum Gasteiger partial charge on any atom is 0.338 e. The second kappa shape index (κ2) is 10.6. The number of rotatable bonds is 7. The van der Waals surface area contributed by atoms with Crippen molar-refractivity contribution < 1.29 is 31.9 Å². The predicted octanol–water partition coefficient (Wildman–Crippen LogP) is 3.19. The van der Waals surface area contributed by atoms with Gasteiger partial charge < -0.3 is 14.8 Å². The van der Waals surface area contributed by atoms with E-state index in [-0.39, 0.29) is 21.9 Å². The van der Waals surface area contributed by atoms with Crippen molar-refractivity contribution in [3.05, 3.63) is 53.8 Å². The highest BCUT2D eigenvalue weighted by Crippen LogP contribution is 2.29. The predicted molar refractivity (Wildman–Crippen MR) is 116 cm³/mol. The van der Waals surface area contributed by atoms with Gasteiger partial charge in [0, 0.05) is 13.1 Å². The number of amides is 1. The SMILES string of the molecule is COc1ccc(C(=O)OCC(=O)Nc2ccccc2F)cc1S(=O)(=O)N1CCCCCC1. The number of carbonyl (C=O) groups excluding carboxylic acids is 2. The first kappa shape index (κ1) is 23.7. The standard InChI is InChI=1S/C22H25FN2O6S/c1-30-19-11-10-16(14-20(19)32(28,29)25-12-6-2-3-7-13-25)22(27)31-15-21(26)24-18-9-5-4-8-17(18)23/h4-5,8-11,14H,2-3,6-7,12-13,15H2,1H3,(H,24,26). The van der Waals surface area contributed by atoms with Crippen molar-refractivity contribution >= 4 is 27.6 Å². The lowest BCUT2D eigenvalue weighted by Gasteiger charge is -2.21. The number of benzene rings is 2. The Bertz CT molecular complexity index is 1080. The summed E-state index contributed by atoms with van der Waals surface area (Å²) >= 11 is 0. The number of para-hydroxylation sites is 1. The molecule has 0 aliphatic carbocycles. The Hall–Kier alpha value is -2.98. The number of halogens is 1. The van der Waals surface area contributed by atoms with E-state index in [0.29, 0.717) is 13.1 Å². The minimum atomic E-state index is -3.88. The molecule has 1 heterocycles. The van der Waals surface area contributed by atoms with Crippen LogP contribution in [0.2, 0.25) is 0 Å². The van der Waals surface area contributed by atoms with E-state index in [1.807, 2.05) is 0 Å². The van der Waals surface area contributed by atoms with Crippen LogP contribution in [0.3, 0.4) is 0 Å². The van der Waals surface area contributed by atoms with Crippen molar-refractivity contribution in [2.45, 2.75) is 30.6 Å². The van der Waals surface area contributed by atoms with Crippen LogP contribution < -0.4 is 10.1 Å². The average molecular weight is 465 g/mol. The first-order valence-electron chi connectivity index (χ1n) is 10.2. The van der Waals surface area contributed by atoms with Gasteiger partial charge in [-0.05, 0) is 43.2 Å². The van der Waals surface area contributed by atoms with E-state index in [9.17, 15) is 22.4 Å². The molecule has 0 aromatic heterocycles. The average Bonchev–Trinajstić information content (AvgIpc) is 3.09. The highest BCUT2D eigenvalue weighted by atomic mass is 32.2. The van der Waals surface area contributed by atoms with Crippen LogP contribution in [0.15, 0.2) is 47.4 Å². The lowest BCUT2D eigenvalue weighted by Crippen LogP contribution is -2.32. The summed E-state index contributed by atoms with van der Waals surface area (Å²) in [6.45, 7) is 0.139. The number of methoxy groups -OCH3 is 1. The summed E-state index contributed by atoms with van der Waals surface area (Å²) in [5.74, 6) is -2.12. The van der Waals surface area contributed by atoms with Gasteiger partial charge in [-0.3, -0.25) is 4.79 Å². The summed E-state index contributed by atoms with van der Waals surface area (Å²) in [5, 5.41) is 2.31. The van der Waals surface area contributed by atoms with E-state index in [4.69, 9.17) is 9.47 Å². The number of sulfonamides is 1.